The summed E-state index contributed by atoms with van der Waals surface area (Å²) in [6.45, 7) is 6.92. The highest BCUT2D eigenvalue weighted by molar-refractivity contribution is 5.42. The first-order chi connectivity index (χ1) is 9.83. The summed E-state index contributed by atoms with van der Waals surface area (Å²) in [5, 5.41) is 6.95. The van der Waals surface area contributed by atoms with E-state index in [1.54, 1.807) is 7.11 Å². The summed E-state index contributed by atoms with van der Waals surface area (Å²) >= 11 is 0. The minimum absolute atomic E-state index is 0. The van der Waals surface area contributed by atoms with Crippen LogP contribution in [-0.4, -0.2) is 33.4 Å². The second kappa shape index (κ2) is 11.8. The fraction of sp³-hybridized carbons (Fsp3) is 0.625. The van der Waals surface area contributed by atoms with Gasteiger partial charge in [-0.05, 0) is 63.0 Å². The van der Waals surface area contributed by atoms with Gasteiger partial charge < -0.3 is 44.9 Å². The Morgan fingerprint density at radius 1 is 1.18 bits per heavy atom. The second-order valence-corrected chi connectivity index (χ2v) is 5.24. The number of halogens is 2. The Bertz CT molecular complexity index is 413. The molecule has 1 aromatic rings. The summed E-state index contributed by atoms with van der Waals surface area (Å²) in [4.78, 5) is 0. The van der Waals surface area contributed by atoms with Gasteiger partial charge in [0.2, 0.25) is 0 Å². The molecule has 4 nitrogen and oxygen atoms in total. The van der Waals surface area contributed by atoms with Crippen LogP contribution in [0.25, 0.3) is 0 Å². The van der Waals surface area contributed by atoms with Gasteiger partial charge in [-0.2, -0.15) is 0 Å². The molecule has 0 bridgehead atoms. The molecular formula is C16H26Cl2N2O2-2. The molecule has 6 heteroatoms. The van der Waals surface area contributed by atoms with Crippen LogP contribution in [0.3, 0.4) is 0 Å². The highest BCUT2D eigenvalue weighted by Gasteiger charge is 2.12. The molecule has 0 atom stereocenters. The SMILES string of the molecule is CCOc1ccc(CNCC2CCNCC2)cc1OC.[Cl-].[Cl-]. The monoisotopic (exact) mass is 348 g/mol. The number of hydrogen-bond acceptors (Lipinski definition) is 4. The lowest BCUT2D eigenvalue weighted by Crippen LogP contribution is -3.00. The molecule has 0 radical (unpaired) electrons. The minimum Gasteiger partial charge on any atom is -1.00 e. The van der Waals surface area contributed by atoms with Crippen molar-refractivity contribution in [1.29, 1.82) is 0 Å². The maximum absolute atomic E-state index is 5.53. The summed E-state index contributed by atoms with van der Waals surface area (Å²) in [7, 11) is 1.68. The molecule has 1 aromatic carbocycles. The molecule has 128 valence electrons. The molecule has 1 heterocycles. The van der Waals surface area contributed by atoms with E-state index < -0.39 is 0 Å². The van der Waals surface area contributed by atoms with Gasteiger partial charge in [-0.25, -0.2) is 0 Å². The van der Waals surface area contributed by atoms with Crippen molar-refractivity contribution < 1.29 is 34.3 Å². The van der Waals surface area contributed by atoms with Gasteiger partial charge in [-0.1, -0.05) is 6.07 Å². The highest BCUT2D eigenvalue weighted by atomic mass is 35.5. The first-order valence-electron chi connectivity index (χ1n) is 7.54. The third kappa shape index (κ3) is 6.61. The summed E-state index contributed by atoms with van der Waals surface area (Å²) in [5.41, 5.74) is 1.24. The van der Waals surface area contributed by atoms with Gasteiger partial charge >= 0.3 is 0 Å². The van der Waals surface area contributed by atoms with Crippen molar-refractivity contribution >= 4 is 0 Å². The summed E-state index contributed by atoms with van der Waals surface area (Å²) < 4.78 is 10.9. The van der Waals surface area contributed by atoms with Gasteiger partial charge in [0.25, 0.3) is 0 Å². The van der Waals surface area contributed by atoms with Crippen LogP contribution in [-0.2, 0) is 6.54 Å². The van der Waals surface area contributed by atoms with E-state index >= 15 is 0 Å². The molecule has 1 fully saturated rings. The molecule has 0 unspecified atom stereocenters. The largest absolute Gasteiger partial charge is 1.00 e. The number of nitrogens with one attached hydrogen (secondary N) is 2. The Hall–Kier alpha value is -0.680. The van der Waals surface area contributed by atoms with Crippen molar-refractivity contribution in [2.75, 3.05) is 33.4 Å². The molecule has 0 aromatic heterocycles. The number of methoxy groups -OCH3 is 1. The molecule has 0 saturated carbocycles. The average molecular weight is 349 g/mol. The molecule has 2 rings (SSSR count). The van der Waals surface area contributed by atoms with Crippen LogP contribution in [0.2, 0.25) is 0 Å². The van der Waals surface area contributed by atoms with E-state index in [2.05, 4.69) is 22.8 Å². The van der Waals surface area contributed by atoms with Crippen molar-refractivity contribution in [3.63, 3.8) is 0 Å². The predicted molar refractivity (Wildman–Crippen MR) is 81.5 cm³/mol. The minimum atomic E-state index is 0. The number of rotatable bonds is 7. The highest BCUT2D eigenvalue weighted by Crippen LogP contribution is 2.28. The van der Waals surface area contributed by atoms with E-state index in [1.165, 1.54) is 18.4 Å². The zero-order valence-electron chi connectivity index (χ0n) is 13.3. The maximum Gasteiger partial charge on any atom is 0.161 e. The maximum atomic E-state index is 5.53. The Labute approximate surface area is 146 Å². The van der Waals surface area contributed by atoms with E-state index in [0.717, 1.165) is 43.6 Å². The summed E-state index contributed by atoms with van der Waals surface area (Å²) in [6, 6.07) is 6.15. The molecular weight excluding hydrogens is 323 g/mol. The van der Waals surface area contributed by atoms with E-state index in [4.69, 9.17) is 9.47 Å². The standard InChI is InChI=1S/C16H26N2O2.2ClH/c1-3-20-15-5-4-14(10-16(15)19-2)12-18-11-13-6-8-17-9-7-13;;/h4-5,10,13,17-18H,3,6-9,11-12H2,1-2H3;2*1H/p-2. The van der Waals surface area contributed by atoms with Crippen LogP contribution in [0.15, 0.2) is 18.2 Å². The summed E-state index contributed by atoms with van der Waals surface area (Å²) in [6.07, 6.45) is 2.55. The van der Waals surface area contributed by atoms with Crippen molar-refractivity contribution in [1.82, 2.24) is 10.6 Å². The van der Waals surface area contributed by atoms with Crippen LogP contribution in [0, 0.1) is 5.92 Å². The van der Waals surface area contributed by atoms with E-state index in [9.17, 15) is 0 Å². The number of hydrogen-bond donors (Lipinski definition) is 2. The second-order valence-electron chi connectivity index (χ2n) is 5.24. The molecule has 0 amide bonds. The lowest BCUT2D eigenvalue weighted by Gasteiger charge is -2.22. The normalized spacial score (nSPS) is 14.6. The van der Waals surface area contributed by atoms with Crippen molar-refractivity contribution in [3.8, 4) is 11.5 Å². The van der Waals surface area contributed by atoms with Gasteiger partial charge in [0.1, 0.15) is 0 Å². The summed E-state index contributed by atoms with van der Waals surface area (Å²) in [5.74, 6) is 2.44. The van der Waals surface area contributed by atoms with E-state index in [1.807, 2.05) is 13.0 Å². The first-order valence-corrected chi connectivity index (χ1v) is 7.54. The quantitative estimate of drug-likeness (QED) is 0.530. The van der Waals surface area contributed by atoms with Crippen LogP contribution in [0.5, 0.6) is 11.5 Å². The van der Waals surface area contributed by atoms with Gasteiger partial charge in [0.15, 0.2) is 11.5 Å². The topological polar surface area (TPSA) is 42.5 Å². The molecule has 0 aliphatic carbocycles. The lowest BCUT2D eigenvalue weighted by molar-refractivity contribution is -0.001000. The van der Waals surface area contributed by atoms with Crippen LogP contribution >= 0.6 is 0 Å². The van der Waals surface area contributed by atoms with Crippen LogP contribution < -0.4 is 44.9 Å². The fourth-order valence-corrected chi connectivity index (χ4v) is 2.60. The van der Waals surface area contributed by atoms with E-state index in [0.29, 0.717) is 6.61 Å². The molecule has 1 aliphatic heterocycles. The smallest absolute Gasteiger partial charge is 0.161 e. The Morgan fingerprint density at radius 3 is 2.55 bits per heavy atom. The fourth-order valence-electron chi connectivity index (χ4n) is 2.60. The third-order valence-corrected chi connectivity index (χ3v) is 3.75. The van der Waals surface area contributed by atoms with Crippen molar-refractivity contribution in [2.45, 2.75) is 26.3 Å². The lowest BCUT2D eigenvalue weighted by atomic mass is 9.98. The Balaban J connectivity index is 0.00000220. The van der Waals surface area contributed by atoms with Crippen molar-refractivity contribution in [2.24, 2.45) is 5.92 Å². The molecule has 1 aliphatic rings. The van der Waals surface area contributed by atoms with Gasteiger partial charge in [0, 0.05) is 6.54 Å². The number of piperidine rings is 1. The predicted octanol–water partition coefficient (Wildman–Crippen LogP) is -3.81. The zero-order valence-corrected chi connectivity index (χ0v) is 14.8. The Kier molecular flexibility index (Phi) is 11.5. The van der Waals surface area contributed by atoms with Gasteiger partial charge in [-0.3, -0.25) is 0 Å². The molecule has 22 heavy (non-hydrogen) atoms. The van der Waals surface area contributed by atoms with Crippen LogP contribution in [0.4, 0.5) is 0 Å². The van der Waals surface area contributed by atoms with Gasteiger partial charge in [0.05, 0.1) is 13.7 Å². The molecule has 2 N–H and O–H groups in total. The van der Waals surface area contributed by atoms with Crippen molar-refractivity contribution in [3.05, 3.63) is 23.8 Å². The third-order valence-electron chi connectivity index (χ3n) is 3.75. The average Bonchev–Trinajstić information content (AvgIpc) is 2.50. The van der Waals surface area contributed by atoms with Gasteiger partial charge in [-0.15, -0.1) is 0 Å². The van der Waals surface area contributed by atoms with E-state index in [-0.39, 0.29) is 24.8 Å². The molecule has 0 spiro atoms. The zero-order chi connectivity index (χ0) is 14.2. The number of benzene rings is 1. The number of ether oxygens (including phenoxy) is 2. The first kappa shape index (κ1) is 21.3. The molecule has 1 saturated heterocycles. The Morgan fingerprint density at radius 2 is 1.91 bits per heavy atom. The van der Waals surface area contributed by atoms with Crippen LogP contribution in [0.1, 0.15) is 25.3 Å².